The summed E-state index contributed by atoms with van der Waals surface area (Å²) in [4.78, 5) is 30.2. The number of anilines is 1. The second kappa shape index (κ2) is 7.09. The summed E-state index contributed by atoms with van der Waals surface area (Å²) in [7, 11) is 1.55. The topological polar surface area (TPSA) is 73.2 Å². The first-order chi connectivity index (χ1) is 13.5. The highest BCUT2D eigenvalue weighted by Crippen LogP contribution is 2.30. The maximum absolute atomic E-state index is 13.0. The summed E-state index contributed by atoms with van der Waals surface area (Å²) in [6, 6.07) is 13.3. The van der Waals surface area contributed by atoms with Crippen LogP contribution >= 0.6 is 11.3 Å². The normalized spacial score (nSPS) is 11.1. The molecule has 2 heterocycles. The number of amides is 1. The molecule has 4 rings (SSSR count). The lowest BCUT2D eigenvalue weighted by Crippen LogP contribution is -2.29. The monoisotopic (exact) mass is 393 g/mol. The number of nitrogens with zero attached hydrogens (tertiary/aromatic N) is 2. The summed E-state index contributed by atoms with van der Waals surface area (Å²) in [5.74, 6) is 0.768. The van der Waals surface area contributed by atoms with Crippen molar-refractivity contribution in [3.8, 4) is 5.75 Å². The number of nitrogens with one attached hydrogen (secondary N) is 1. The first-order valence-corrected chi connectivity index (χ1v) is 9.62. The fourth-order valence-corrected chi connectivity index (χ4v) is 4.31. The maximum Gasteiger partial charge on any atom is 0.272 e. The van der Waals surface area contributed by atoms with E-state index in [4.69, 9.17) is 4.74 Å². The quantitative estimate of drug-likeness (QED) is 0.571. The van der Waals surface area contributed by atoms with Gasteiger partial charge in [0.05, 0.1) is 18.3 Å². The first-order valence-electron chi connectivity index (χ1n) is 8.81. The van der Waals surface area contributed by atoms with Gasteiger partial charge in [-0.3, -0.25) is 14.2 Å². The van der Waals surface area contributed by atoms with Crippen molar-refractivity contribution in [2.75, 3.05) is 12.4 Å². The number of carbonyl (C=O) groups excluding carboxylic acids is 1. The van der Waals surface area contributed by atoms with Gasteiger partial charge in [-0.2, -0.15) is 0 Å². The van der Waals surface area contributed by atoms with Crippen LogP contribution in [0.1, 0.15) is 11.4 Å². The van der Waals surface area contributed by atoms with Crippen molar-refractivity contribution in [1.29, 1.82) is 0 Å². The van der Waals surface area contributed by atoms with Crippen LogP contribution in [0.5, 0.6) is 5.75 Å². The van der Waals surface area contributed by atoms with Gasteiger partial charge in [-0.25, -0.2) is 4.98 Å². The van der Waals surface area contributed by atoms with Crippen LogP contribution in [0.3, 0.4) is 0 Å². The summed E-state index contributed by atoms with van der Waals surface area (Å²) < 4.78 is 8.28. The van der Waals surface area contributed by atoms with E-state index in [2.05, 4.69) is 10.3 Å². The van der Waals surface area contributed by atoms with Crippen LogP contribution in [0, 0.1) is 13.8 Å². The van der Waals surface area contributed by atoms with Crippen LogP contribution in [0.4, 0.5) is 5.69 Å². The first kappa shape index (κ1) is 18.2. The number of fused-ring (bicyclic) bond motifs is 3. The van der Waals surface area contributed by atoms with Crippen LogP contribution in [0.15, 0.2) is 47.3 Å². The Kier molecular flexibility index (Phi) is 4.60. The zero-order valence-electron chi connectivity index (χ0n) is 15.8. The van der Waals surface area contributed by atoms with Gasteiger partial charge in [0.2, 0.25) is 5.91 Å². The highest BCUT2D eigenvalue weighted by Gasteiger charge is 2.16. The molecule has 1 amide bonds. The largest absolute Gasteiger partial charge is 0.495 e. The molecule has 0 spiro atoms. The molecule has 0 atom stereocenters. The van der Waals surface area contributed by atoms with E-state index in [0.29, 0.717) is 27.5 Å². The molecule has 6 nitrogen and oxygen atoms in total. The van der Waals surface area contributed by atoms with E-state index in [9.17, 15) is 9.59 Å². The highest BCUT2D eigenvalue weighted by molar-refractivity contribution is 7.25. The molecule has 2 aromatic carbocycles. The molecule has 0 bridgehead atoms. The van der Waals surface area contributed by atoms with Gasteiger partial charge in [0, 0.05) is 10.1 Å². The molecule has 0 radical (unpaired) electrons. The molecule has 28 heavy (non-hydrogen) atoms. The third-order valence-electron chi connectivity index (χ3n) is 4.60. The lowest BCUT2D eigenvalue weighted by molar-refractivity contribution is -0.116. The number of aryl methyl sites for hydroxylation is 2. The van der Waals surface area contributed by atoms with Crippen LogP contribution in [-0.2, 0) is 11.3 Å². The highest BCUT2D eigenvalue weighted by atomic mass is 32.1. The molecular formula is C21H19N3O3S. The van der Waals surface area contributed by atoms with E-state index in [1.165, 1.54) is 15.9 Å². The number of ether oxygens (including phenoxy) is 1. The number of hydrogen-bond donors (Lipinski definition) is 1. The van der Waals surface area contributed by atoms with Gasteiger partial charge in [0.25, 0.3) is 5.56 Å². The molecule has 7 heteroatoms. The van der Waals surface area contributed by atoms with Crippen LogP contribution in [0.25, 0.3) is 20.3 Å². The third kappa shape index (κ3) is 3.14. The van der Waals surface area contributed by atoms with Gasteiger partial charge >= 0.3 is 0 Å². The number of thiophene rings is 1. The number of rotatable bonds is 4. The minimum absolute atomic E-state index is 0.112. The fraction of sp³-hybridized carbons (Fsp3) is 0.190. The molecule has 2 aromatic heterocycles. The second-order valence-electron chi connectivity index (χ2n) is 6.58. The minimum Gasteiger partial charge on any atom is -0.495 e. The van der Waals surface area contributed by atoms with Crippen molar-refractivity contribution in [3.05, 3.63) is 64.2 Å². The zero-order valence-corrected chi connectivity index (χ0v) is 16.6. The molecule has 0 aliphatic carbocycles. The summed E-state index contributed by atoms with van der Waals surface area (Å²) in [6.45, 7) is 3.57. The molecule has 142 valence electrons. The number of carbonyl (C=O) groups is 1. The van der Waals surface area contributed by atoms with E-state index >= 15 is 0 Å². The van der Waals surface area contributed by atoms with E-state index in [-0.39, 0.29) is 18.0 Å². The SMILES string of the molecule is COc1ccc(C)cc1NC(=O)Cn1c(C)nc2c(sc3ccccc32)c1=O. The molecule has 0 aliphatic heterocycles. The van der Waals surface area contributed by atoms with Crippen LogP contribution < -0.4 is 15.6 Å². The van der Waals surface area contributed by atoms with Crippen molar-refractivity contribution in [2.24, 2.45) is 0 Å². The molecule has 0 aliphatic rings. The minimum atomic E-state index is -0.309. The Morgan fingerprint density at radius 3 is 2.79 bits per heavy atom. The predicted molar refractivity (Wildman–Crippen MR) is 112 cm³/mol. The van der Waals surface area contributed by atoms with Crippen LogP contribution in [0.2, 0.25) is 0 Å². The molecule has 0 saturated carbocycles. The number of aromatic nitrogens is 2. The third-order valence-corrected chi connectivity index (χ3v) is 5.75. The van der Waals surface area contributed by atoms with E-state index in [1.54, 1.807) is 20.1 Å². The van der Waals surface area contributed by atoms with Crippen molar-refractivity contribution < 1.29 is 9.53 Å². The average Bonchev–Trinajstić information content (AvgIpc) is 3.04. The molecule has 0 fully saturated rings. The summed E-state index contributed by atoms with van der Waals surface area (Å²) in [6.07, 6.45) is 0. The van der Waals surface area contributed by atoms with Gasteiger partial charge in [-0.15, -0.1) is 11.3 Å². The van der Waals surface area contributed by atoms with Crippen molar-refractivity contribution in [2.45, 2.75) is 20.4 Å². The van der Waals surface area contributed by atoms with Gasteiger partial charge in [-0.1, -0.05) is 24.3 Å². The predicted octanol–water partition coefficient (Wildman–Crippen LogP) is 3.88. The maximum atomic E-state index is 13.0. The Bertz CT molecular complexity index is 1270. The Morgan fingerprint density at radius 1 is 1.21 bits per heavy atom. The Labute approximate surface area is 165 Å². The van der Waals surface area contributed by atoms with Crippen molar-refractivity contribution >= 4 is 43.2 Å². The Balaban J connectivity index is 1.70. The molecule has 0 saturated heterocycles. The number of methoxy groups -OCH3 is 1. The van der Waals surface area contributed by atoms with Gasteiger partial charge in [-0.05, 0) is 37.6 Å². The zero-order chi connectivity index (χ0) is 19.8. The molecular weight excluding hydrogens is 374 g/mol. The average molecular weight is 393 g/mol. The Hall–Kier alpha value is -3.19. The van der Waals surface area contributed by atoms with E-state index in [0.717, 1.165) is 15.6 Å². The summed E-state index contributed by atoms with van der Waals surface area (Å²) in [5.41, 5.74) is 2.07. The second-order valence-corrected chi connectivity index (χ2v) is 7.63. The summed E-state index contributed by atoms with van der Waals surface area (Å²) >= 11 is 1.40. The molecule has 4 aromatic rings. The van der Waals surface area contributed by atoms with Crippen molar-refractivity contribution in [3.63, 3.8) is 0 Å². The Morgan fingerprint density at radius 2 is 2.00 bits per heavy atom. The number of benzene rings is 2. The van der Waals surface area contributed by atoms with Crippen molar-refractivity contribution in [1.82, 2.24) is 9.55 Å². The fourth-order valence-electron chi connectivity index (χ4n) is 3.22. The van der Waals surface area contributed by atoms with Gasteiger partial charge in [0.1, 0.15) is 22.8 Å². The standard InChI is InChI=1S/C21H19N3O3S/c1-12-8-9-16(27-3)15(10-12)23-18(25)11-24-13(2)22-19-14-6-4-5-7-17(14)28-20(19)21(24)26/h4-10H,11H2,1-3H3,(H,23,25). The summed E-state index contributed by atoms with van der Waals surface area (Å²) in [5, 5.41) is 3.79. The van der Waals surface area contributed by atoms with E-state index < -0.39 is 0 Å². The van der Waals surface area contributed by atoms with Gasteiger partial charge < -0.3 is 10.1 Å². The van der Waals surface area contributed by atoms with E-state index in [1.807, 2.05) is 43.3 Å². The molecule has 0 unspecified atom stereocenters. The smallest absolute Gasteiger partial charge is 0.272 e. The molecule has 1 N–H and O–H groups in total. The number of hydrogen-bond acceptors (Lipinski definition) is 5. The van der Waals surface area contributed by atoms with Crippen LogP contribution in [-0.4, -0.2) is 22.6 Å². The van der Waals surface area contributed by atoms with Gasteiger partial charge in [0.15, 0.2) is 0 Å². The lowest BCUT2D eigenvalue weighted by Gasteiger charge is -2.13. The lowest BCUT2D eigenvalue weighted by atomic mass is 10.2.